The maximum absolute atomic E-state index is 13.4. The summed E-state index contributed by atoms with van der Waals surface area (Å²) >= 11 is 0.578. The topological polar surface area (TPSA) is 82.1 Å². The van der Waals surface area contributed by atoms with Crippen molar-refractivity contribution in [2.75, 3.05) is 11.9 Å². The predicted octanol–water partition coefficient (Wildman–Crippen LogP) is -1.54. The maximum atomic E-state index is 13.4. The third-order valence-electron chi connectivity index (χ3n) is 2.55. The normalized spacial score (nSPS) is 9.83. The molecule has 1 N–H and O–H groups in total. The Labute approximate surface area is 177 Å². The first-order chi connectivity index (χ1) is 10.5. The molecule has 0 atom stereocenters. The summed E-state index contributed by atoms with van der Waals surface area (Å²) in [4.78, 5) is 26.5. The molecule has 0 unspecified atom stereocenters. The van der Waals surface area contributed by atoms with E-state index >= 15 is 0 Å². The van der Waals surface area contributed by atoms with Crippen LogP contribution in [0.25, 0.3) is 0 Å². The smallest absolute Gasteiger partial charge is 0.545 e. The van der Waals surface area contributed by atoms with Crippen molar-refractivity contribution < 1.29 is 74.9 Å². The number of carboxylic acids is 1. The molecule has 1 aromatic heterocycles. The minimum atomic E-state index is -1.45. The van der Waals surface area contributed by atoms with Gasteiger partial charge in [-0.15, -0.1) is 0 Å². The summed E-state index contributed by atoms with van der Waals surface area (Å²) in [6.45, 7) is -0.325. The van der Waals surface area contributed by atoms with Gasteiger partial charge in [-0.2, -0.15) is 0 Å². The number of halogens is 2. The number of benzene rings is 1. The molecular formula is C14H9F2KN2O3S. The first-order valence-corrected chi connectivity index (χ1v) is 6.85. The van der Waals surface area contributed by atoms with Gasteiger partial charge in [0.2, 0.25) is 5.12 Å². The number of carbonyl (C=O) groups excluding carboxylic acids is 2. The van der Waals surface area contributed by atoms with Crippen molar-refractivity contribution in [3.63, 3.8) is 0 Å². The van der Waals surface area contributed by atoms with E-state index in [2.05, 4.69) is 10.3 Å². The number of thioether (sulfide) groups is 1. The van der Waals surface area contributed by atoms with E-state index in [0.717, 1.165) is 18.2 Å². The molecule has 2 aromatic rings. The van der Waals surface area contributed by atoms with Crippen LogP contribution in [0.15, 0.2) is 41.6 Å². The van der Waals surface area contributed by atoms with E-state index in [1.54, 1.807) is 0 Å². The Morgan fingerprint density at radius 2 is 2.00 bits per heavy atom. The van der Waals surface area contributed by atoms with Gasteiger partial charge < -0.3 is 15.2 Å². The van der Waals surface area contributed by atoms with Gasteiger partial charge in [0.15, 0.2) is 0 Å². The largest absolute Gasteiger partial charge is 1.00 e. The number of rotatable bonds is 5. The van der Waals surface area contributed by atoms with Crippen LogP contribution in [0.1, 0.15) is 10.4 Å². The zero-order valence-corrected chi connectivity index (χ0v) is 15.9. The van der Waals surface area contributed by atoms with Crippen molar-refractivity contribution in [1.29, 1.82) is 0 Å². The zero-order chi connectivity index (χ0) is 16.1. The van der Waals surface area contributed by atoms with Crippen LogP contribution >= 0.6 is 11.8 Å². The van der Waals surface area contributed by atoms with Crippen molar-refractivity contribution >= 4 is 28.5 Å². The number of carboxylic acid groups (broad SMARTS) is 1. The van der Waals surface area contributed by atoms with Crippen LogP contribution in [0.2, 0.25) is 0 Å². The number of nitrogens with zero attached hydrogens (tertiary/aromatic N) is 1. The Kier molecular flexibility index (Phi) is 8.30. The number of hydrogen-bond acceptors (Lipinski definition) is 6. The van der Waals surface area contributed by atoms with Crippen LogP contribution in [-0.4, -0.2) is 22.6 Å². The molecule has 1 aromatic carbocycles. The molecular weight excluding hydrogens is 353 g/mol. The molecule has 0 saturated heterocycles. The minimum absolute atomic E-state index is 0. The molecule has 114 valence electrons. The number of aromatic carboxylic acids is 1. The van der Waals surface area contributed by atoms with Gasteiger partial charge in [-0.1, -0.05) is 0 Å². The Morgan fingerprint density at radius 3 is 2.70 bits per heavy atom. The molecule has 0 spiro atoms. The molecule has 1 heterocycles. The first-order valence-electron chi connectivity index (χ1n) is 6.03. The molecule has 2 rings (SSSR count). The standard InChI is InChI=1S/C14H10F2N2O3S.K/c15-8-3-4-10(16)11(6-8)18-7-12(19)22-13-9(14(20)21)2-1-5-17-13;/h1-6,18H,7H2,(H,20,21);/q;+1/p-1. The van der Waals surface area contributed by atoms with Crippen molar-refractivity contribution in [3.05, 3.63) is 53.7 Å². The molecule has 9 heteroatoms. The van der Waals surface area contributed by atoms with E-state index in [4.69, 9.17) is 0 Å². The van der Waals surface area contributed by atoms with E-state index in [-0.39, 0.29) is 74.2 Å². The molecule has 0 bridgehead atoms. The fraction of sp³-hybridized carbons (Fsp3) is 0.0714. The number of aromatic nitrogens is 1. The summed E-state index contributed by atoms with van der Waals surface area (Å²) in [5, 5.41) is 12.8. The zero-order valence-electron chi connectivity index (χ0n) is 12.0. The predicted molar refractivity (Wildman–Crippen MR) is 74.3 cm³/mol. The van der Waals surface area contributed by atoms with Crippen LogP contribution in [0.3, 0.4) is 0 Å². The Morgan fingerprint density at radius 1 is 1.26 bits per heavy atom. The summed E-state index contributed by atoms with van der Waals surface area (Å²) in [6, 6.07) is 5.47. The van der Waals surface area contributed by atoms with Gasteiger partial charge in [-0.05, 0) is 42.1 Å². The average Bonchev–Trinajstić information content (AvgIpc) is 2.48. The quantitative estimate of drug-likeness (QED) is 0.513. The molecule has 0 fully saturated rings. The molecule has 0 aliphatic rings. The molecule has 0 saturated carbocycles. The molecule has 0 aliphatic heterocycles. The summed E-state index contributed by atoms with van der Waals surface area (Å²) in [7, 11) is 0. The van der Waals surface area contributed by atoms with Crippen molar-refractivity contribution in [2.45, 2.75) is 5.03 Å². The molecule has 0 aliphatic carbocycles. The molecule has 23 heavy (non-hydrogen) atoms. The van der Waals surface area contributed by atoms with Gasteiger partial charge in [0.1, 0.15) is 16.7 Å². The monoisotopic (exact) mass is 362 g/mol. The van der Waals surface area contributed by atoms with E-state index < -0.39 is 22.7 Å². The van der Waals surface area contributed by atoms with Gasteiger partial charge in [-0.3, -0.25) is 4.79 Å². The van der Waals surface area contributed by atoms with E-state index in [0.29, 0.717) is 11.8 Å². The van der Waals surface area contributed by atoms with Gasteiger partial charge in [0, 0.05) is 11.8 Å². The summed E-state index contributed by atoms with van der Waals surface area (Å²) in [6.07, 6.45) is 1.34. The number of anilines is 1. The Hall–Kier alpha value is -0.844. The van der Waals surface area contributed by atoms with E-state index in [1.165, 1.54) is 18.3 Å². The van der Waals surface area contributed by atoms with Gasteiger partial charge in [0.05, 0.1) is 18.2 Å². The number of carbonyl (C=O) groups is 2. The van der Waals surface area contributed by atoms with E-state index in [1.807, 2.05) is 0 Å². The fourth-order valence-electron chi connectivity index (χ4n) is 1.57. The van der Waals surface area contributed by atoms with Crippen LogP contribution in [-0.2, 0) is 4.79 Å². The third-order valence-corrected chi connectivity index (χ3v) is 3.44. The van der Waals surface area contributed by atoms with Gasteiger partial charge >= 0.3 is 51.4 Å². The second-order valence-electron chi connectivity index (χ2n) is 4.10. The first kappa shape index (κ1) is 20.2. The number of pyridine rings is 1. The van der Waals surface area contributed by atoms with Crippen molar-refractivity contribution in [3.8, 4) is 0 Å². The molecule has 0 radical (unpaired) electrons. The molecule has 5 nitrogen and oxygen atoms in total. The number of nitrogens with one attached hydrogen (secondary N) is 1. The average molecular weight is 362 g/mol. The van der Waals surface area contributed by atoms with Crippen molar-refractivity contribution in [1.82, 2.24) is 4.98 Å². The summed E-state index contributed by atoms with van der Waals surface area (Å²) in [5.41, 5.74) is -0.368. The van der Waals surface area contributed by atoms with Gasteiger partial charge in [0.25, 0.3) is 0 Å². The van der Waals surface area contributed by atoms with Crippen LogP contribution in [0.5, 0.6) is 0 Å². The van der Waals surface area contributed by atoms with E-state index in [9.17, 15) is 23.5 Å². The van der Waals surface area contributed by atoms with Crippen LogP contribution in [0.4, 0.5) is 14.5 Å². The fourth-order valence-corrected chi connectivity index (χ4v) is 2.31. The maximum Gasteiger partial charge on any atom is 1.00 e. The molecule has 0 amide bonds. The second kappa shape index (κ2) is 9.45. The third kappa shape index (κ3) is 5.94. The SMILES string of the molecule is O=C(CNc1cc(F)ccc1F)Sc1ncccc1C(=O)[O-].[K+]. The Balaban J connectivity index is 0.00000264. The second-order valence-corrected chi connectivity index (χ2v) is 5.14. The van der Waals surface area contributed by atoms with Crippen molar-refractivity contribution in [2.24, 2.45) is 0 Å². The summed E-state index contributed by atoms with van der Waals surface area (Å²) in [5.74, 6) is -2.80. The van der Waals surface area contributed by atoms with Crippen LogP contribution < -0.4 is 61.8 Å². The summed E-state index contributed by atoms with van der Waals surface area (Å²) < 4.78 is 26.4. The van der Waals surface area contributed by atoms with Gasteiger partial charge in [-0.25, -0.2) is 13.8 Å². The number of hydrogen-bond donors (Lipinski definition) is 1. The minimum Gasteiger partial charge on any atom is -0.545 e. The Bertz CT molecular complexity index is 731. The van der Waals surface area contributed by atoms with Crippen LogP contribution in [0, 0.1) is 11.6 Å².